The van der Waals surface area contributed by atoms with E-state index in [-0.39, 0.29) is 5.91 Å². The van der Waals surface area contributed by atoms with E-state index in [2.05, 4.69) is 35.6 Å². The van der Waals surface area contributed by atoms with Crippen molar-refractivity contribution in [2.24, 2.45) is 0 Å². The van der Waals surface area contributed by atoms with E-state index in [0.29, 0.717) is 6.42 Å². The van der Waals surface area contributed by atoms with Crippen LogP contribution in [0.15, 0.2) is 24.3 Å². The zero-order chi connectivity index (χ0) is 17.3. The van der Waals surface area contributed by atoms with Crippen LogP contribution in [0.5, 0.6) is 0 Å². The Labute approximate surface area is 142 Å². The fourth-order valence-corrected chi connectivity index (χ4v) is 3.08. The molecule has 2 aromatic heterocycles. The third-order valence-corrected chi connectivity index (χ3v) is 4.48. The molecule has 3 rings (SSSR count). The largest absolute Gasteiger partial charge is 0.338 e. The molecule has 0 saturated carbocycles. The van der Waals surface area contributed by atoms with Crippen LogP contribution in [0.1, 0.15) is 37.9 Å². The number of nitrogens with zero attached hydrogens (tertiary/aromatic N) is 2. The average molecular weight is 324 g/mol. The Balaban J connectivity index is 2.21. The van der Waals surface area contributed by atoms with Gasteiger partial charge >= 0.3 is 0 Å². The molecule has 126 valence electrons. The zero-order valence-electron chi connectivity index (χ0n) is 14.7. The van der Waals surface area contributed by atoms with Crippen LogP contribution < -0.4 is 5.32 Å². The molecule has 24 heavy (non-hydrogen) atoms. The molecular weight excluding hydrogens is 300 g/mol. The van der Waals surface area contributed by atoms with Crippen molar-refractivity contribution in [1.29, 1.82) is 0 Å². The number of H-pyrrole nitrogens is 1. The molecular formula is C19H24N4O. The summed E-state index contributed by atoms with van der Waals surface area (Å²) in [6, 6.07) is 7.98. The van der Waals surface area contributed by atoms with E-state index in [1.54, 1.807) is 0 Å². The van der Waals surface area contributed by atoms with Crippen molar-refractivity contribution in [2.75, 3.05) is 5.32 Å². The van der Waals surface area contributed by atoms with E-state index in [1.807, 2.05) is 31.2 Å². The predicted octanol–water partition coefficient (Wildman–Crippen LogP) is 4.41. The van der Waals surface area contributed by atoms with Crippen molar-refractivity contribution in [3.63, 3.8) is 0 Å². The first kappa shape index (κ1) is 16.3. The number of carbonyl (C=O) groups excluding carboxylic acids is 1. The first-order valence-electron chi connectivity index (χ1n) is 8.51. The van der Waals surface area contributed by atoms with Gasteiger partial charge in [-0.25, -0.2) is 4.98 Å². The topological polar surface area (TPSA) is 62.7 Å². The van der Waals surface area contributed by atoms with Gasteiger partial charge in [0, 0.05) is 18.7 Å². The quantitative estimate of drug-likeness (QED) is 0.730. The second-order valence-electron chi connectivity index (χ2n) is 6.09. The molecule has 2 N–H and O–H groups in total. The van der Waals surface area contributed by atoms with Crippen LogP contribution in [0.4, 0.5) is 5.82 Å². The molecule has 1 amide bonds. The van der Waals surface area contributed by atoms with Crippen molar-refractivity contribution >= 4 is 22.8 Å². The number of aromatic nitrogens is 3. The van der Waals surface area contributed by atoms with Crippen LogP contribution in [0.2, 0.25) is 0 Å². The van der Waals surface area contributed by atoms with E-state index in [0.717, 1.165) is 46.8 Å². The lowest BCUT2D eigenvalue weighted by Crippen LogP contribution is -2.15. The summed E-state index contributed by atoms with van der Waals surface area (Å²) in [5.41, 5.74) is 5.23. The summed E-state index contributed by atoms with van der Waals surface area (Å²) in [5, 5.41) is 3.08. The number of anilines is 1. The third-order valence-electron chi connectivity index (χ3n) is 4.48. The lowest BCUT2D eigenvalue weighted by Gasteiger charge is -2.12. The molecule has 0 aliphatic carbocycles. The number of hydrogen-bond donors (Lipinski definition) is 2. The summed E-state index contributed by atoms with van der Waals surface area (Å²) >= 11 is 0. The van der Waals surface area contributed by atoms with Crippen LogP contribution in [0.3, 0.4) is 0 Å². The molecule has 0 saturated heterocycles. The maximum absolute atomic E-state index is 12.1. The van der Waals surface area contributed by atoms with Crippen molar-refractivity contribution in [3.8, 4) is 11.4 Å². The Morgan fingerprint density at radius 2 is 2.00 bits per heavy atom. The Kier molecular flexibility index (Phi) is 4.42. The van der Waals surface area contributed by atoms with Gasteiger partial charge in [0.25, 0.3) is 0 Å². The number of hydrogen-bond acceptors (Lipinski definition) is 2. The van der Waals surface area contributed by atoms with Crippen LogP contribution in [-0.4, -0.2) is 20.4 Å². The zero-order valence-corrected chi connectivity index (χ0v) is 14.7. The average Bonchev–Trinajstić information content (AvgIpc) is 3.09. The lowest BCUT2D eigenvalue weighted by molar-refractivity contribution is -0.115. The van der Waals surface area contributed by atoms with E-state index in [1.165, 1.54) is 5.69 Å². The Morgan fingerprint density at radius 3 is 2.67 bits per heavy atom. The minimum Gasteiger partial charge on any atom is -0.338 e. The van der Waals surface area contributed by atoms with Crippen molar-refractivity contribution in [1.82, 2.24) is 14.5 Å². The molecule has 0 radical (unpaired) electrons. The number of fused-ring (bicyclic) bond motifs is 1. The molecule has 0 aliphatic heterocycles. The van der Waals surface area contributed by atoms with Gasteiger partial charge in [-0.3, -0.25) is 4.79 Å². The molecule has 0 atom stereocenters. The van der Waals surface area contributed by atoms with Gasteiger partial charge in [-0.15, -0.1) is 0 Å². The van der Waals surface area contributed by atoms with Gasteiger partial charge in [0.15, 0.2) is 0 Å². The normalized spacial score (nSPS) is 11.2. The molecule has 0 bridgehead atoms. The monoisotopic (exact) mass is 324 g/mol. The van der Waals surface area contributed by atoms with Crippen LogP contribution in [-0.2, 0) is 11.3 Å². The molecule has 3 aromatic rings. The van der Waals surface area contributed by atoms with Gasteiger partial charge in [-0.2, -0.15) is 0 Å². The fraction of sp³-hybridized carbons (Fsp3) is 0.368. The van der Waals surface area contributed by atoms with Crippen LogP contribution in [0, 0.1) is 13.8 Å². The van der Waals surface area contributed by atoms with E-state index < -0.39 is 0 Å². The van der Waals surface area contributed by atoms with Crippen molar-refractivity contribution in [3.05, 3.63) is 35.5 Å². The highest BCUT2D eigenvalue weighted by molar-refractivity contribution is 5.95. The smallest absolute Gasteiger partial charge is 0.225 e. The first-order chi connectivity index (χ1) is 11.6. The summed E-state index contributed by atoms with van der Waals surface area (Å²) in [4.78, 5) is 20.2. The number of imidazole rings is 1. The number of carbonyl (C=O) groups is 1. The van der Waals surface area contributed by atoms with Gasteiger partial charge in [0.1, 0.15) is 11.6 Å². The Morgan fingerprint density at radius 1 is 1.25 bits per heavy atom. The van der Waals surface area contributed by atoms with Crippen LogP contribution >= 0.6 is 0 Å². The molecule has 0 spiro atoms. The number of amides is 1. The van der Waals surface area contributed by atoms with Gasteiger partial charge in [-0.05, 0) is 38.0 Å². The third kappa shape index (κ3) is 2.70. The fourth-order valence-electron chi connectivity index (χ4n) is 3.08. The number of aromatic amines is 1. The molecule has 5 nitrogen and oxygen atoms in total. The highest BCUT2D eigenvalue weighted by Crippen LogP contribution is 2.35. The maximum Gasteiger partial charge on any atom is 0.225 e. The summed E-state index contributed by atoms with van der Waals surface area (Å²) in [6.45, 7) is 9.06. The number of benzene rings is 1. The Bertz CT molecular complexity index is 855. The van der Waals surface area contributed by atoms with Gasteiger partial charge in [-0.1, -0.05) is 26.0 Å². The molecule has 1 aromatic carbocycles. The minimum atomic E-state index is 0.0159. The molecule has 0 aliphatic rings. The first-order valence-corrected chi connectivity index (χ1v) is 8.51. The maximum atomic E-state index is 12.1. The molecule has 5 heteroatoms. The molecule has 2 heterocycles. The van der Waals surface area contributed by atoms with Crippen LogP contribution in [0.25, 0.3) is 22.4 Å². The van der Waals surface area contributed by atoms with E-state index >= 15 is 0 Å². The summed E-state index contributed by atoms with van der Waals surface area (Å²) in [5.74, 6) is 1.66. The summed E-state index contributed by atoms with van der Waals surface area (Å²) < 4.78 is 2.19. The number of para-hydroxylation sites is 2. The lowest BCUT2D eigenvalue weighted by atomic mass is 10.1. The minimum absolute atomic E-state index is 0.0159. The van der Waals surface area contributed by atoms with E-state index in [9.17, 15) is 4.79 Å². The highest BCUT2D eigenvalue weighted by Gasteiger charge is 2.22. The van der Waals surface area contributed by atoms with Gasteiger partial charge in [0.2, 0.25) is 5.91 Å². The van der Waals surface area contributed by atoms with Crippen molar-refractivity contribution < 1.29 is 4.79 Å². The van der Waals surface area contributed by atoms with Gasteiger partial charge < -0.3 is 14.9 Å². The highest BCUT2D eigenvalue weighted by atomic mass is 16.1. The number of nitrogens with one attached hydrogen (secondary N) is 2. The SMILES string of the molecule is CCCn1c(C)c(C)c(-c2nc3ccccc3[nH]2)c1NC(=O)CC. The second kappa shape index (κ2) is 6.51. The number of rotatable bonds is 5. The molecule has 0 fully saturated rings. The summed E-state index contributed by atoms with van der Waals surface area (Å²) in [6.07, 6.45) is 1.46. The summed E-state index contributed by atoms with van der Waals surface area (Å²) in [7, 11) is 0. The second-order valence-corrected chi connectivity index (χ2v) is 6.09. The standard InChI is InChI=1S/C19H24N4O/c1-5-11-23-13(4)12(3)17(19(23)22-16(24)6-2)18-20-14-9-7-8-10-15(14)21-18/h7-10H,5-6,11H2,1-4H3,(H,20,21)(H,22,24). The Hall–Kier alpha value is -2.56. The van der Waals surface area contributed by atoms with Crippen molar-refractivity contribution in [2.45, 2.75) is 47.1 Å². The predicted molar refractivity (Wildman–Crippen MR) is 98.2 cm³/mol. The van der Waals surface area contributed by atoms with Gasteiger partial charge in [0.05, 0.1) is 16.6 Å². The molecule has 0 unspecified atom stereocenters. The van der Waals surface area contributed by atoms with E-state index in [4.69, 9.17) is 4.98 Å².